The average Bonchev–Trinajstić information content (AvgIpc) is 2.41. The van der Waals surface area contributed by atoms with Crippen LogP contribution in [0.2, 0.25) is 0 Å². The maximum absolute atomic E-state index is 13.2. The van der Waals surface area contributed by atoms with Crippen LogP contribution in [0.1, 0.15) is 28.8 Å². The summed E-state index contributed by atoms with van der Waals surface area (Å²) >= 11 is 4.98. The molecule has 0 bridgehead atoms. The molecular weight excluding hydrogens is 263 g/mol. The van der Waals surface area contributed by atoms with Crippen LogP contribution in [0.3, 0.4) is 0 Å². The summed E-state index contributed by atoms with van der Waals surface area (Å²) in [6.07, 6.45) is 1.61. The zero-order chi connectivity index (χ0) is 14.0. The molecule has 1 aliphatic rings. The lowest BCUT2D eigenvalue weighted by Crippen LogP contribution is -2.41. The van der Waals surface area contributed by atoms with Gasteiger partial charge in [-0.1, -0.05) is 12.2 Å². The van der Waals surface area contributed by atoms with Gasteiger partial charge in [-0.2, -0.15) is 0 Å². The zero-order valence-electron chi connectivity index (χ0n) is 10.9. The number of carbonyl (C=O) groups is 1. The molecule has 1 aromatic carbocycles. The van der Waals surface area contributed by atoms with Gasteiger partial charge in [0.2, 0.25) is 0 Å². The minimum atomic E-state index is -0.288. The summed E-state index contributed by atoms with van der Waals surface area (Å²) in [6.45, 7) is 2.96. The van der Waals surface area contributed by atoms with Crippen LogP contribution >= 0.6 is 12.2 Å². The van der Waals surface area contributed by atoms with Crippen LogP contribution < -0.4 is 5.73 Å². The van der Waals surface area contributed by atoms with Crippen LogP contribution in [0.25, 0.3) is 0 Å². The Kier molecular flexibility index (Phi) is 4.14. The van der Waals surface area contributed by atoms with E-state index < -0.39 is 0 Å². The first-order chi connectivity index (χ1) is 8.99. The van der Waals surface area contributed by atoms with Gasteiger partial charge >= 0.3 is 0 Å². The number of carbonyl (C=O) groups excluding carboxylic acids is 1. The lowest BCUT2D eigenvalue weighted by molar-refractivity contribution is 0.0710. The quantitative estimate of drug-likeness (QED) is 0.845. The van der Waals surface area contributed by atoms with Gasteiger partial charge in [-0.3, -0.25) is 4.79 Å². The monoisotopic (exact) mass is 280 g/mol. The Labute approximate surface area is 117 Å². The molecule has 0 aliphatic carbocycles. The Balaban J connectivity index is 2.05. The molecule has 0 unspecified atom stereocenters. The lowest BCUT2D eigenvalue weighted by atomic mass is 9.96. The largest absolute Gasteiger partial charge is 0.393 e. The van der Waals surface area contributed by atoms with Crippen LogP contribution in [0, 0.1) is 18.7 Å². The van der Waals surface area contributed by atoms with Crippen molar-refractivity contribution in [3.8, 4) is 0 Å². The fraction of sp³-hybridized carbons (Fsp3) is 0.429. The van der Waals surface area contributed by atoms with Crippen molar-refractivity contribution in [2.75, 3.05) is 13.1 Å². The first-order valence-electron chi connectivity index (χ1n) is 6.34. The molecule has 2 rings (SSSR count). The average molecular weight is 280 g/mol. The molecule has 5 heteroatoms. The number of aryl methyl sites for hydroxylation is 1. The molecule has 0 saturated carbocycles. The van der Waals surface area contributed by atoms with Crippen LogP contribution in [0.4, 0.5) is 4.39 Å². The van der Waals surface area contributed by atoms with E-state index in [4.69, 9.17) is 18.0 Å². The first kappa shape index (κ1) is 13.9. The SMILES string of the molecule is Cc1cc(C(=O)N2CCC(C(N)=S)CC2)ccc1F. The van der Waals surface area contributed by atoms with E-state index >= 15 is 0 Å². The highest BCUT2D eigenvalue weighted by atomic mass is 32.1. The third-order valence-corrected chi connectivity index (χ3v) is 3.92. The van der Waals surface area contributed by atoms with Crippen molar-refractivity contribution < 1.29 is 9.18 Å². The predicted octanol–water partition coefficient (Wildman–Crippen LogP) is 2.27. The Hall–Kier alpha value is -1.49. The molecule has 19 heavy (non-hydrogen) atoms. The van der Waals surface area contributed by atoms with E-state index in [0.717, 1.165) is 12.8 Å². The summed E-state index contributed by atoms with van der Waals surface area (Å²) in [4.78, 5) is 14.6. The molecule has 1 heterocycles. The van der Waals surface area contributed by atoms with Gasteiger partial charge < -0.3 is 10.6 Å². The molecule has 0 atom stereocenters. The summed E-state index contributed by atoms with van der Waals surface area (Å²) in [5.41, 5.74) is 6.65. The summed E-state index contributed by atoms with van der Waals surface area (Å²) in [5, 5.41) is 0. The molecule has 1 fully saturated rings. The number of thiocarbonyl (C=S) groups is 1. The number of nitrogens with zero attached hydrogens (tertiary/aromatic N) is 1. The highest BCUT2D eigenvalue weighted by Gasteiger charge is 2.25. The molecule has 2 N–H and O–H groups in total. The minimum absolute atomic E-state index is 0.0514. The van der Waals surface area contributed by atoms with Gasteiger partial charge in [-0.05, 0) is 43.5 Å². The van der Waals surface area contributed by atoms with Gasteiger partial charge in [0, 0.05) is 24.6 Å². The normalized spacial score (nSPS) is 16.4. The van der Waals surface area contributed by atoms with E-state index in [0.29, 0.717) is 29.2 Å². The van der Waals surface area contributed by atoms with Crippen LogP contribution in [0.15, 0.2) is 18.2 Å². The topological polar surface area (TPSA) is 46.3 Å². The number of halogens is 1. The van der Waals surface area contributed by atoms with Crippen LogP contribution in [-0.4, -0.2) is 28.9 Å². The number of hydrogen-bond acceptors (Lipinski definition) is 2. The smallest absolute Gasteiger partial charge is 0.253 e. The standard InChI is InChI=1S/C14H17FN2OS/c1-9-8-11(2-3-12(9)15)14(18)17-6-4-10(5-7-17)13(16)19/h2-3,8,10H,4-7H2,1H3,(H2,16,19). The number of amides is 1. The van der Waals surface area contributed by atoms with Gasteiger partial charge in [0.1, 0.15) is 5.82 Å². The molecule has 0 radical (unpaired) electrons. The molecule has 1 aliphatic heterocycles. The third-order valence-electron chi connectivity index (χ3n) is 3.59. The first-order valence-corrected chi connectivity index (χ1v) is 6.74. The summed E-state index contributed by atoms with van der Waals surface area (Å²) in [5.74, 6) is -0.109. The number of likely N-dealkylation sites (tertiary alicyclic amines) is 1. The Morgan fingerprint density at radius 1 is 1.42 bits per heavy atom. The minimum Gasteiger partial charge on any atom is -0.393 e. The second-order valence-electron chi connectivity index (χ2n) is 4.93. The highest BCUT2D eigenvalue weighted by Crippen LogP contribution is 2.20. The summed E-state index contributed by atoms with van der Waals surface area (Å²) < 4.78 is 13.2. The number of nitrogens with two attached hydrogens (primary N) is 1. The molecule has 1 amide bonds. The number of piperidine rings is 1. The molecular formula is C14H17FN2OS. The third kappa shape index (κ3) is 3.10. The van der Waals surface area contributed by atoms with Gasteiger partial charge in [0.15, 0.2) is 0 Å². The van der Waals surface area contributed by atoms with Gasteiger partial charge in [-0.15, -0.1) is 0 Å². The van der Waals surface area contributed by atoms with Gasteiger partial charge in [0.05, 0.1) is 4.99 Å². The van der Waals surface area contributed by atoms with Crippen molar-refractivity contribution in [1.29, 1.82) is 0 Å². The summed E-state index contributed by atoms with van der Waals surface area (Å²) in [7, 11) is 0. The molecule has 102 valence electrons. The van der Waals surface area contributed by atoms with Crippen molar-refractivity contribution >= 4 is 23.1 Å². The second kappa shape index (κ2) is 5.65. The zero-order valence-corrected chi connectivity index (χ0v) is 11.7. The fourth-order valence-electron chi connectivity index (χ4n) is 2.33. The second-order valence-corrected chi connectivity index (χ2v) is 5.40. The van der Waals surface area contributed by atoms with Crippen LogP contribution in [-0.2, 0) is 0 Å². The van der Waals surface area contributed by atoms with E-state index in [1.807, 2.05) is 0 Å². The summed E-state index contributed by atoms with van der Waals surface area (Å²) in [6, 6.07) is 4.46. The van der Waals surface area contributed by atoms with Crippen molar-refractivity contribution in [3.63, 3.8) is 0 Å². The van der Waals surface area contributed by atoms with Gasteiger partial charge in [-0.25, -0.2) is 4.39 Å². The Morgan fingerprint density at radius 3 is 2.58 bits per heavy atom. The molecule has 1 aromatic rings. The number of rotatable bonds is 2. The van der Waals surface area contributed by atoms with E-state index in [-0.39, 0.29) is 17.6 Å². The van der Waals surface area contributed by atoms with Crippen molar-refractivity contribution in [1.82, 2.24) is 4.90 Å². The maximum atomic E-state index is 13.2. The van der Waals surface area contributed by atoms with Crippen molar-refractivity contribution in [2.45, 2.75) is 19.8 Å². The predicted molar refractivity (Wildman–Crippen MR) is 76.5 cm³/mol. The van der Waals surface area contributed by atoms with Crippen molar-refractivity contribution in [2.24, 2.45) is 11.7 Å². The number of hydrogen-bond donors (Lipinski definition) is 1. The number of benzene rings is 1. The molecule has 3 nitrogen and oxygen atoms in total. The van der Waals surface area contributed by atoms with E-state index in [9.17, 15) is 9.18 Å². The highest BCUT2D eigenvalue weighted by molar-refractivity contribution is 7.80. The molecule has 0 aromatic heterocycles. The fourth-order valence-corrected chi connectivity index (χ4v) is 2.56. The van der Waals surface area contributed by atoms with Gasteiger partial charge in [0.25, 0.3) is 5.91 Å². The van der Waals surface area contributed by atoms with E-state index in [1.165, 1.54) is 12.1 Å². The van der Waals surface area contributed by atoms with E-state index in [2.05, 4.69) is 0 Å². The Morgan fingerprint density at radius 2 is 2.05 bits per heavy atom. The maximum Gasteiger partial charge on any atom is 0.253 e. The van der Waals surface area contributed by atoms with Crippen molar-refractivity contribution in [3.05, 3.63) is 35.1 Å². The van der Waals surface area contributed by atoms with E-state index in [1.54, 1.807) is 17.9 Å². The van der Waals surface area contributed by atoms with Crippen LogP contribution in [0.5, 0.6) is 0 Å². The molecule has 1 saturated heterocycles. The lowest BCUT2D eigenvalue weighted by Gasteiger charge is -2.31. The Bertz CT molecular complexity index is 510. The molecule has 0 spiro atoms.